The third-order valence-corrected chi connectivity index (χ3v) is 4.60. The lowest BCUT2D eigenvalue weighted by Gasteiger charge is -2.27. The van der Waals surface area contributed by atoms with Crippen LogP contribution in [0.5, 0.6) is 5.75 Å². The average Bonchev–Trinajstić information content (AvgIpc) is 3.14. The monoisotopic (exact) mass is 376 g/mol. The van der Waals surface area contributed by atoms with Crippen LogP contribution in [-0.2, 0) is 19.7 Å². The summed E-state index contributed by atoms with van der Waals surface area (Å²) < 4.78 is 21.4. The van der Waals surface area contributed by atoms with Crippen molar-refractivity contribution in [2.45, 2.75) is 19.7 Å². The van der Waals surface area contributed by atoms with Crippen LogP contribution >= 0.6 is 0 Å². The SMILES string of the molecule is N#Cc1ccc(C(=O)N2CCn3nc(COc4ccccc4)cc3C2)cc1F. The Morgan fingerprint density at radius 1 is 1.18 bits per heavy atom. The lowest BCUT2D eigenvalue weighted by molar-refractivity contribution is 0.0705. The zero-order valence-corrected chi connectivity index (χ0v) is 15.0. The summed E-state index contributed by atoms with van der Waals surface area (Å²) in [6.45, 7) is 1.77. The predicted octanol–water partition coefficient (Wildman–Crippen LogP) is 3.13. The largest absolute Gasteiger partial charge is 0.487 e. The molecule has 6 nitrogen and oxygen atoms in total. The molecule has 0 saturated carbocycles. The Morgan fingerprint density at radius 2 is 2.00 bits per heavy atom. The van der Waals surface area contributed by atoms with Crippen LogP contribution in [-0.4, -0.2) is 27.1 Å². The number of ether oxygens (including phenoxy) is 1. The average molecular weight is 376 g/mol. The molecule has 0 bridgehead atoms. The first-order chi connectivity index (χ1) is 13.6. The fourth-order valence-electron chi connectivity index (χ4n) is 3.17. The van der Waals surface area contributed by atoms with Gasteiger partial charge in [0.25, 0.3) is 5.91 Å². The quantitative estimate of drug-likeness (QED) is 0.701. The number of halogens is 1. The van der Waals surface area contributed by atoms with Crippen LogP contribution < -0.4 is 4.74 Å². The van der Waals surface area contributed by atoms with Crippen molar-refractivity contribution in [1.29, 1.82) is 5.26 Å². The van der Waals surface area contributed by atoms with Gasteiger partial charge in [-0.3, -0.25) is 9.48 Å². The minimum atomic E-state index is -0.684. The summed E-state index contributed by atoms with van der Waals surface area (Å²) in [5, 5.41) is 13.3. The van der Waals surface area contributed by atoms with Crippen LogP contribution in [0.3, 0.4) is 0 Å². The number of nitriles is 1. The number of fused-ring (bicyclic) bond motifs is 1. The van der Waals surface area contributed by atoms with E-state index in [-0.39, 0.29) is 17.0 Å². The molecular formula is C21H17FN4O2. The molecule has 0 N–H and O–H groups in total. The fourth-order valence-corrected chi connectivity index (χ4v) is 3.17. The minimum absolute atomic E-state index is 0.0728. The van der Waals surface area contributed by atoms with Gasteiger partial charge in [0.2, 0.25) is 0 Å². The Balaban J connectivity index is 1.44. The molecular weight excluding hydrogens is 359 g/mol. The molecule has 0 aliphatic carbocycles. The van der Waals surface area contributed by atoms with Crippen molar-refractivity contribution in [1.82, 2.24) is 14.7 Å². The number of hydrogen-bond acceptors (Lipinski definition) is 4. The molecule has 1 aromatic heterocycles. The van der Waals surface area contributed by atoms with Crippen LogP contribution in [0, 0.1) is 17.1 Å². The molecule has 3 aromatic rings. The normalized spacial score (nSPS) is 12.9. The molecule has 2 aromatic carbocycles. The Hall–Kier alpha value is -3.66. The second-order valence-electron chi connectivity index (χ2n) is 6.49. The highest BCUT2D eigenvalue weighted by Gasteiger charge is 2.24. The molecule has 0 atom stereocenters. The lowest BCUT2D eigenvalue weighted by atomic mass is 10.1. The summed E-state index contributed by atoms with van der Waals surface area (Å²) in [6, 6.07) is 17.1. The number of rotatable bonds is 4. The van der Waals surface area contributed by atoms with Gasteiger partial charge in [0, 0.05) is 12.1 Å². The van der Waals surface area contributed by atoms with Crippen LogP contribution in [0.25, 0.3) is 0 Å². The van der Waals surface area contributed by atoms with Gasteiger partial charge in [0.15, 0.2) is 0 Å². The van der Waals surface area contributed by atoms with Gasteiger partial charge in [0.05, 0.1) is 24.3 Å². The molecule has 0 unspecified atom stereocenters. The van der Waals surface area contributed by atoms with E-state index in [2.05, 4.69) is 5.10 Å². The smallest absolute Gasteiger partial charge is 0.254 e. The zero-order valence-electron chi connectivity index (χ0n) is 15.0. The van der Waals surface area contributed by atoms with Crippen molar-refractivity contribution >= 4 is 5.91 Å². The molecule has 28 heavy (non-hydrogen) atoms. The van der Waals surface area contributed by atoms with E-state index in [9.17, 15) is 9.18 Å². The van der Waals surface area contributed by atoms with E-state index in [1.807, 2.05) is 41.1 Å². The van der Waals surface area contributed by atoms with Gasteiger partial charge in [-0.2, -0.15) is 10.4 Å². The van der Waals surface area contributed by atoms with E-state index in [1.165, 1.54) is 12.1 Å². The fraction of sp³-hybridized carbons (Fsp3) is 0.190. The van der Waals surface area contributed by atoms with E-state index >= 15 is 0 Å². The summed E-state index contributed by atoms with van der Waals surface area (Å²) in [5.41, 5.74) is 1.85. The third-order valence-electron chi connectivity index (χ3n) is 4.60. The Kier molecular flexibility index (Phi) is 4.77. The van der Waals surface area contributed by atoms with Crippen molar-refractivity contribution < 1.29 is 13.9 Å². The van der Waals surface area contributed by atoms with Gasteiger partial charge in [-0.05, 0) is 36.4 Å². The number of para-hydroxylation sites is 1. The van der Waals surface area contributed by atoms with Crippen molar-refractivity contribution in [3.63, 3.8) is 0 Å². The summed E-state index contributed by atoms with van der Waals surface area (Å²) >= 11 is 0. The number of aromatic nitrogens is 2. The van der Waals surface area contributed by atoms with Crippen LogP contribution in [0.4, 0.5) is 4.39 Å². The molecule has 1 aliphatic heterocycles. The van der Waals surface area contributed by atoms with Gasteiger partial charge in [-0.1, -0.05) is 18.2 Å². The minimum Gasteiger partial charge on any atom is -0.487 e. The Bertz CT molecular complexity index is 1060. The second-order valence-corrected chi connectivity index (χ2v) is 6.49. The highest BCUT2D eigenvalue weighted by molar-refractivity contribution is 5.94. The summed E-state index contributed by atoms with van der Waals surface area (Å²) in [6.07, 6.45) is 0. The first kappa shape index (κ1) is 17.7. The van der Waals surface area contributed by atoms with Gasteiger partial charge < -0.3 is 9.64 Å². The van der Waals surface area contributed by atoms with E-state index < -0.39 is 5.82 Å². The topological polar surface area (TPSA) is 71.2 Å². The van der Waals surface area contributed by atoms with Gasteiger partial charge in [-0.15, -0.1) is 0 Å². The molecule has 0 spiro atoms. The van der Waals surface area contributed by atoms with Crippen LogP contribution in [0.1, 0.15) is 27.3 Å². The Morgan fingerprint density at radius 3 is 2.75 bits per heavy atom. The first-order valence-corrected chi connectivity index (χ1v) is 8.86. The number of carbonyl (C=O) groups is 1. The number of hydrogen-bond donors (Lipinski definition) is 0. The van der Waals surface area contributed by atoms with Crippen LogP contribution in [0.15, 0.2) is 54.6 Å². The molecule has 7 heteroatoms. The van der Waals surface area contributed by atoms with Crippen LogP contribution in [0.2, 0.25) is 0 Å². The molecule has 1 aliphatic rings. The highest BCUT2D eigenvalue weighted by atomic mass is 19.1. The van der Waals surface area contributed by atoms with E-state index in [1.54, 1.807) is 11.0 Å². The second kappa shape index (κ2) is 7.53. The molecule has 0 saturated heterocycles. The van der Waals surface area contributed by atoms with Gasteiger partial charge in [0.1, 0.15) is 29.9 Å². The number of carbonyl (C=O) groups excluding carboxylic acids is 1. The predicted molar refractivity (Wildman–Crippen MR) is 98.9 cm³/mol. The maximum absolute atomic E-state index is 13.8. The van der Waals surface area contributed by atoms with E-state index in [0.717, 1.165) is 23.2 Å². The standard InChI is InChI=1S/C21H17FN4O2/c22-20-10-15(6-7-16(20)12-23)21(27)25-8-9-26-18(13-25)11-17(24-26)14-28-19-4-2-1-3-5-19/h1-7,10-11H,8-9,13-14H2. The molecule has 0 radical (unpaired) electrons. The first-order valence-electron chi connectivity index (χ1n) is 8.86. The van der Waals surface area contributed by atoms with Crippen molar-refractivity contribution in [2.75, 3.05) is 6.54 Å². The third kappa shape index (κ3) is 3.58. The maximum atomic E-state index is 13.8. The summed E-state index contributed by atoms with van der Waals surface area (Å²) in [7, 11) is 0. The number of benzene rings is 2. The molecule has 4 rings (SSSR count). The molecule has 0 fully saturated rings. The lowest BCUT2D eigenvalue weighted by Crippen LogP contribution is -2.38. The number of amides is 1. The van der Waals surface area contributed by atoms with Crippen molar-refractivity contribution in [3.8, 4) is 11.8 Å². The zero-order chi connectivity index (χ0) is 19.5. The maximum Gasteiger partial charge on any atom is 0.254 e. The molecule has 140 valence electrons. The van der Waals surface area contributed by atoms with Gasteiger partial charge in [-0.25, -0.2) is 4.39 Å². The highest BCUT2D eigenvalue weighted by Crippen LogP contribution is 2.19. The molecule has 2 heterocycles. The number of nitrogens with zero attached hydrogens (tertiary/aromatic N) is 4. The molecule has 1 amide bonds. The van der Waals surface area contributed by atoms with E-state index in [0.29, 0.717) is 26.2 Å². The summed E-state index contributed by atoms with van der Waals surface area (Å²) in [5.74, 6) is -0.179. The van der Waals surface area contributed by atoms with Crippen molar-refractivity contribution in [2.24, 2.45) is 0 Å². The van der Waals surface area contributed by atoms with Crippen molar-refractivity contribution in [3.05, 3.63) is 82.9 Å². The van der Waals surface area contributed by atoms with Gasteiger partial charge >= 0.3 is 0 Å². The summed E-state index contributed by atoms with van der Waals surface area (Å²) in [4.78, 5) is 14.4. The Labute approximate surface area is 161 Å². The van der Waals surface area contributed by atoms with E-state index in [4.69, 9.17) is 10.00 Å².